The number of aryl methyl sites for hydroxylation is 1. The van der Waals surface area contributed by atoms with Crippen LogP contribution in [0.15, 0.2) is 30.5 Å². The predicted molar refractivity (Wildman–Crippen MR) is 123 cm³/mol. The minimum Gasteiger partial charge on any atom is -0.456 e. The average Bonchev–Trinajstić information content (AvgIpc) is 3.28. The van der Waals surface area contributed by atoms with Crippen molar-refractivity contribution in [2.45, 2.75) is 77.5 Å². The third-order valence-corrected chi connectivity index (χ3v) is 5.59. The van der Waals surface area contributed by atoms with E-state index in [1.807, 2.05) is 30.5 Å². The van der Waals surface area contributed by atoms with Gasteiger partial charge in [0.05, 0.1) is 6.61 Å². The second-order valence-electron chi connectivity index (χ2n) is 8.05. The summed E-state index contributed by atoms with van der Waals surface area (Å²) in [4.78, 5) is 52.0. The van der Waals surface area contributed by atoms with Crippen molar-refractivity contribution in [3.05, 3.63) is 36.0 Å². The maximum Gasteiger partial charge on any atom is 0.308 e. The van der Waals surface area contributed by atoms with Gasteiger partial charge in [-0.05, 0) is 18.1 Å². The van der Waals surface area contributed by atoms with Gasteiger partial charge < -0.3 is 28.7 Å². The van der Waals surface area contributed by atoms with Gasteiger partial charge in [-0.1, -0.05) is 39.0 Å². The van der Waals surface area contributed by atoms with E-state index in [-0.39, 0.29) is 32.3 Å². The van der Waals surface area contributed by atoms with Gasteiger partial charge in [-0.2, -0.15) is 0 Å². The third-order valence-electron chi connectivity index (χ3n) is 5.59. The lowest BCUT2D eigenvalue weighted by Crippen LogP contribution is -2.58. The predicted octanol–water partition coefficient (Wildman–Crippen LogP) is 2.97. The minimum atomic E-state index is -1.33. The Morgan fingerprint density at radius 1 is 0.857 bits per heavy atom. The topological polar surface area (TPSA) is 130 Å². The van der Waals surface area contributed by atoms with Crippen LogP contribution >= 0.6 is 0 Å². The molecule has 4 atom stereocenters. The van der Waals surface area contributed by atoms with Crippen molar-refractivity contribution in [1.82, 2.24) is 4.98 Å². The summed E-state index contributed by atoms with van der Waals surface area (Å²) in [6.07, 6.45) is -2.34. The van der Waals surface area contributed by atoms with Crippen molar-refractivity contribution in [3.8, 4) is 0 Å². The van der Waals surface area contributed by atoms with Crippen molar-refractivity contribution < 1.29 is 42.9 Å². The summed E-state index contributed by atoms with van der Waals surface area (Å²) in [5.41, 5.74) is 1.92. The molecular formula is C25H31NO9. The molecule has 0 saturated carbocycles. The van der Waals surface area contributed by atoms with E-state index in [9.17, 15) is 19.2 Å². The van der Waals surface area contributed by atoms with Crippen molar-refractivity contribution in [2.24, 2.45) is 0 Å². The summed E-state index contributed by atoms with van der Waals surface area (Å²) in [6, 6.07) is 7.74. The fourth-order valence-electron chi connectivity index (χ4n) is 3.70. The monoisotopic (exact) mass is 489 g/mol. The summed E-state index contributed by atoms with van der Waals surface area (Å²) in [5, 5.41) is 1.01. The van der Waals surface area contributed by atoms with E-state index in [1.54, 1.807) is 20.8 Å². The van der Waals surface area contributed by atoms with E-state index in [2.05, 4.69) is 4.98 Å². The highest BCUT2D eigenvalue weighted by Crippen LogP contribution is 2.27. The molecule has 1 aliphatic heterocycles. The number of para-hydroxylation sites is 1. The number of H-pyrrole nitrogens is 1. The molecule has 1 aromatic heterocycles. The molecule has 2 heterocycles. The van der Waals surface area contributed by atoms with E-state index in [0.29, 0.717) is 6.42 Å². The van der Waals surface area contributed by atoms with E-state index in [0.717, 1.165) is 16.5 Å². The molecular weight excluding hydrogens is 458 g/mol. The number of aromatic amines is 1. The average molecular weight is 490 g/mol. The number of carbonyl (C=O) groups is 4. The summed E-state index contributed by atoms with van der Waals surface area (Å²) in [7, 11) is 0. The molecule has 0 bridgehead atoms. The normalized spacial score (nSPS) is 21.8. The Hall–Kier alpha value is -3.40. The number of esters is 4. The highest BCUT2D eigenvalue weighted by atomic mass is 16.7. The lowest BCUT2D eigenvalue weighted by Gasteiger charge is -2.40. The zero-order valence-corrected chi connectivity index (χ0v) is 20.1. The third kappa shape index (κ3) is 6.82. The molecule has 3 rings (SSSR count). The Morgan fingerprint density at radius 3 is 2.17 bits per heavy atom. The molecule has 0 aliphatic carbocycles. The number of nitrogens with one attached hydrogen (secondary N) is 1. The van der Waals surface area contributed by atoms with Crippen molar-refractivity contribution >= 4 is 34.8 Å². The number of hydrogen-bond acceptors (Lipinski definition) is 9. The van der Waals surface area contributed by atoms with Crippen LogP contribution in [-0.2, 0) is 49.3 Å². The van der Waals surface area contributed by atoms with Crippen LogP contribution in [0.25, 0.3) is 10.9 Å². The summed E-state index contributed by atoms with van der Waals surface area (Å²) in [5.74, 6) is -2.32. The molecule has 1 fully saturated rings. The molecule has 0 radical (unpaired) electrons. The first-order chi connectivity index (χ1) is 16.9. The molecule has 190 valence electrons. The number of rotatable bonds is 10. The van der Waals surface area contributed by atoms with Gasteiger partial charge in [0.2, 0.25) is 12.4 Å². The van der Waals surface area contributed by atoms with Gasteiger partial charge in [0, 0.05) is 42.8 Å². The fourth-order valence-corrected chi connectivity index (χ4v) is 3.70. The summed E-state index contributed by atoms with van der Waals surface area (Å²) < 4.78 is 27.4. The van der Waals surface area contributed by atoms with Gasteiger partial charge >= 0.3 is 23.9 Å². The molecule has 1 N–H and O–H groups in total. The van der Waals surface area contributed by atoms with E-state index < -0.39 is 48.5 Å². The second-order valence-corrected chi connectivity index (χ2v) is 8.05. The van der Waals surface area contributed by atoms with Crippen LogP contribution in [0.3, 0.4) is 0 Å². The van der Waals surface area contributed by atoms with Crippen molar-refractivity contribution in [3.63, 3.8) is 0 Å². The Balaban J connectivity index is 1.73. The first-order valence-corrected chi connectivity index (χ1v) is 11.8. The van der Waals surface area contributed by atoms with E-state index in [1.165, 1.54) is 0 Å². The number of ether oxygens (including phenoxy) is 5. The van der Waals surface area contributed by atoms with Gasteiger partial charge in [-0.3, -0.25) is 19.2 Å². The molecule has 0 unspecified atom stereocenters. The lowest BCUT2D eigenvalue weighted by molar-refractivity contribution is -0.275. The number of hydrogen-bond donors (Lipinski definition) is 1. The van der Waals surface area contributed by atoms with Crippen LogP contribution in [0.5, 0.6) is 0 Å². The summed E-state index contributed by atoms with van der Waals surface area (Å²) in [6.45, 7) is 4.61. The fraction of sp³-hybridized carbons (Fsp3) is 0.520. The van der Waals surface area contributed by atoms with Crippen LogP contribution in [0.2, 0.25) is 0 Å². The summed E-state index contributed by atoms with van der Waals surface area (Å²) >= 11 is 0. The molecule has 1 saturated heterocycles. The Kier molecular flexibility index (Phi) is 9.25. The maximum atomic E-state index is 12.7. The van der Waals surface area contributed by atoms with E-state index in [4.69, 9.17) is 23.7 Å². The largest absolute Gasteiger partial charge is 0.456 e. The van der Waals surface area contributed by atoms with Crippen LogP contribution in [0.1, 0.15) is 52.0 Å². The highest BCUT2D eigenvalue weighted by Gasteiger charge is 2.49. The Labute approximate surface area is 203 Å². The minimum absolute atomic E-state index is 0.0333. The smallest absolute Gasteiger partial charge is 0.308 e. The van der Waals surface area contributed by atoms with Crippen LogP contribution in [-0.4, -0.2) is 60.1 Å². The molecule has 35 heavy (non-hydrogen) atoms. The lowest BCUT2D eigenvalue weighted by atomic mass is 10.0. The zero-order chi connectivity index (χ0) is 25.4. The van der Waals surface area contributed by atoms with Crippen LogP contribution in [0, 0.1) is 0 Å². The van der Waals surface area contributed by atoms with Gasteiger partial charge in [0.15, 0.2) is 12.2 Å². The standard InChI is InChI=1S/C25H31NO9/c1-4-19(27)32-18-14-31-25(24(34-21(29)6-3)23(18)33-20(28)5-2)35-22(30)12-11-15-13-26-17-10-8-7-9-16(15)17/h7-10,13,18,23-26H,4-6,11-12,14H2,1-3H3/t18-,23+,24-,25+/m1/s1. The first kappa shape index (κ1) is 26.2. The molecule has 10 nitrogen and oxygen atoms in total. The molecule has 2 aromatic rings. The van der Waals surface area contributed by atoms with Gasteiger partial charge in [0.1, 0.15) is 0 Å². The van der Waals surface area contributed by atoms with Crippen molar-refractivity contribution in [2.75, 3.05) is 6.61 Å². The van der Waals surface area contributed by atoms with Gasteiger partial charge in [0.25, 0.3) is 0 Å². The molecule has 0 spiro atoms. The number of fused-ring (bicyclic) bond motifs is 1. The zero-order valence-electron chi connectivity index (χ0n) is 20.1. The quantitative estimate of drug-likeness (QED) is 0.395. The molecule has 10 heteroatoms. The Bertz CT molecular complexity index is 1050. The number of aromatic nitrogens is 1. The molecule has 1 aliphatic rings. The number of carbonyl (C=O) groups excluding carboxylic acids is 4. The van der Waals surface area contributed by atoms with E-state index >= 15 is 0 Å². The highest BCUT2D eigenvalue weighted by molar-refractivity contribution is 5.83. The van der Waals surface area contributed by atoms with Gasteiger partial charge in [-0.15, -0.1) is 0 Å². The van der Waals surface area contributed by atoms with Gasteiger partial charge in [-0.25, -0.2) is 0 Å². The van der Waals surface area contributed by atoms with Crippen molar-refractivity contribution in [1.29, 1.82) is 0 Å². The second kappa shape index (κ2) is 12.3. The van der Waals surface area contributed by atoms with Crippen LogP contribution < -0.4 is 0 Å². The Morgan fingerprint density at radius 2 is 1.49 bits per heavy atom. The molecule has 0 amide bonds. The maximum absolute atomic E-state index is 12.7. The molecule has 1 aromatic carbocycles. The SMILES string of the molecule is CCC(=O)O[C@@H]1[C@@H](OC(=O)CC)[C@H](OC(=O)CCc2c[nH]c3ccccc23)OC[C@H]1OC(=O)CC. The first-order valence-electron chi connectivity index (χ1n) is 11.8. The number of benzene rings is 1. The van der Waals surface area contributed by atoms with Crippen LogP contribution in [0.4, 0.5) is 0 Å².